The van der Waals surface area contributed by atoms with Crippen LogP contribution in [0.5, 0.6) is 0 Å². The molecule has 1 heterocycles. The number of rotatable bonds is 5. The number of benzene rings is 2. The van der Waals surface area contributed by atoms with Crippen LogP contribution in [0.4, 0.5) is 0 Å². The van der Waals surface area contributed by atoms with Gasteiger partial charge in [0.15, 0.2) is 0 Å². The predicted octanol–water partition coefficient (Wildman–Crippen LogP) is 2.67. The van der Waals surface area contributed by atoms with Crippen molar-refractivity contribution in [3.05, 3.63) is 71.3 Å². The normalized spacial score (nSPS) is 15.4. The molecule has 1 N–H and O–H groups in total. The molecule has 0 spiro atoms. The zero-order valence-corrected chi connectivity index (χ0v) is 16.8. The fourth-order valence-corrected chi connectivity index (χ4v) is 3.84. The Bertz CT molecular complexity index is 870. The van der Waals surface area contributed by atoms with E-state index in [9.17, 15) is 14.4 Å². The summed E-state index contributed by atoms with van der Waals surface area (Å²) in [5, 5.41) is 3.06. The molecule has 2 aromatic carbocycles. The molecule has 0 aromatic heterocycles. The van der Waals surface area contributed by atoms with Crippen molar-refractivity contribution in [2.24, 2.45) is 0 Å². The summed E-state index contributed by atoms with van der Waals surface area (Å²) in [6.07, 6.45) is 1.17. The first-order valence-corrected chi connectivity index (χ1v) is 9.73. The fraction of sp³-hybridized carbons (Fsp3) is 0.348. The molecule has 0 atom stereocenters. The summed E-state index contributed by atoms with van der Waals surface area (Å²) in [4.78, 5) is 38.4. The van der Waals surface area contributed by atoms with E-state index in [0.717, 1.165) is 11.1 Å². The smallest absolute Gasteiger partial charge is 0.337 e. The maximum Gasteiger partial charge on any atom is 0.337 e. The first-order chi connectivity index (χ1) is 14.0. The Balaban J connectivity index is 1.74. The van der Waals surface area contributed by atoms with Crippen molar-refractivity contribution in [3.8, 4) is 0 Å². The number of hydrogen-bond donors (Lipinski definition) is 1. The molecule has 6 nitrogen and oxygen atoms in total. The Morgan fingerprint density at radius 2 is 1.62 bits per heavy atom. The highest BCUT2D eigenvalue weighted by atomic mass is 16.5. The Morgan fingerprint density at radius 3 is 2.17 bits per heavy atom. The Kier molecular flexibility index (Phi) is 6.32. The number of nitrogens with one attached hydrogen (secondary N) is 1. The third-order valence-corrected chi connectivity index (χ3v) is 5.65. The maximum atomic E-state index is 13.3. The largest absolute Gasteiger partial charge is 0.465 e. The molecule has 29 heavy (non-hydrogen) atoms. The van der Waals surface area contributed by atoms with Crippen molar-refractivity contribution in [2.45, 2.75) is 31.7 Å². The molecule has 1 aliphatic rings. The molecule has 0 unspecified atom stereocenters. The lowest BCUT2D eigenvalue weighted by molar-refractivity contribution is -0.135. The van der Waals surface area contributed by atoms with Crippen molar-refractivity contribution in [2.75, 3.05) is 20.2 Å². The number of amides is 2. The lowest BCUT2D eigenvalue weighted by Crippen LogP contribution is -2.52. The van der Waals surface area contributed by atoms with E-state index in [1.54, 1.807) is 36.1 Å². The van der Waals surface area contributed by atoms with Crippen molar-refractivity contribution in [1.82, 2.24) is 10.2 Å². The van der Waals surface area contributed by atoms with E-state index >= 15 is 0 Å². The number of hydrogen-bond acceptors (Lipinski definition) is 4. The molecule has 0 saturated carbocycles. The Hall–Kier alpha value is -3.15. The monoisotopic (exact) mass is 394 g/mol. The van der Waals surface area contributed by atoms with Gasteiger partial charge in [0.2, 0.25) is 11.8 Å². The van der Waals surface area contributed by atoms with Crippen LogP contribution in [0, 0.1) is 0 Å². The highest BCUT2D eigenvalue weighted by molar-refractivity contribution is 5.90. The number of likely N-dealkylation sites (tertiary alicyclic amines) is 1. The van der Waals surface area contributed by atoms with Crippen LogP contribution in [0.25, 0.3) is 0 Å². The molecule has 152 valence electrons. The highest BCUT2D eigenvalue weighted by Crippen LogP contribution is 2.36. The average Bonchev–Trinajstić information content (AvgIpc) is 2.77. The second-order valence-corrected chi connectivity index (χ2v) is 7.33. The van der Waals surface area contributed by atoms with Gasteiger partial charge in [0.25, 0.3) is 0 Å². The molecule has 0 aliphatic carbocycles. The number of piperidine rings is 1. The van der Waals surface area contributed by atoms with E-state index in [-0.39, 0.29) is 17.8 Å². The SMILES string of the molecule is COC(=O)c1ccc(CNC(=O)C2(c3ccccc3)CCN(C(C)=O)CC2)cc1. The number of carbonyl (C=O) groups is 3. The second kappa shape index (κ2) is 8.90. The van der Waals surface area contributed by atoms with Gasteiger partial charge in [-0.3, -0.25) is 9.59 Å². The Morgan fingerprint density at radius 1 is 1.00 bits per heavy atom. The standard InChI is InChI=1S/C23H26N2O4/c1-17(26)25-14-12-23(13-15-25,20-6-4-3-5-7-20)22(28)24-16-18-8-10-19(11-9-18)21(27)29-2/h3-11H,12-16H2,1-2H3,(H,24,28). The van der Waals surface area contributed by atoms with Crippen LogP contribution in [0.15, 0.2) is 54.6 Å². The van der Waals surface area contributed by atoms with Crippen LogP contribution in [0.3, 0.4) is 0 Å². The van der Waals surface area contributed by atoms with Gasteiger partial charge in [-0.25, -0.2) is 4.79 Å². The molecule has 1 aliphatic heterocycles. The van der Waals surface area contributed by atoms with Crippen LogP contribution in [0.2, 0.25) is 0 Å². The van der Waals surface area contributed by atoms with Crippen LogP contribution in [-0.2, 0) is 26.3 Å². The third-order valence-electron chi connectivity index (χ3n) is 5.65. The maximum absolute atomic E-state index is 13.3. The van der Waals surface area contributed by atoms with Gasteiger partial charge in [-0.1, -0.05) is 42.5 Å². The van der Waals surface area contributed by atoms with E-state index in [1.807, 2.05) is 30.3 Å². The number of esters is 1. The molecule has 0 radical (unpaired) electrons. The van der Waals surface area contributed by atoms with Gasteiger partial charge < -0.3 is 15.0 Å². The van der Waals surface area contributed by atoms with E-state index in [2.05, 4.69) is 5.32 Å². The highest BCUT2D eigenvalue weighted by Gasteiger charge is 2.43. The van der Waals surface area contributed by atoms with E-state index in [4.69, 9.17) is 4.74 Å². The van der Waals surface area contributed by atoms with Gasteiger partial charge in [-0.05, 0) is 36.1 Å². The van der Waals surface area contributed by atoms with Crippen LogP contribution in [0.1, 0.15) is 41.3 Å². The predicted molar refractivity (Wildman–Crippen MR) is 109 cm³/mol. The minimum absolute atomic E-state index is 0.0380. The summed E-state index contributed by atoms with van der Waals surface area (Å²) in [7, 11) is 1.34. The van der Waals surface area contributed by atoms with Crippen molar-refractivity contribution in [3.63, 3.8) is 0 Å². The van der Waals surface area contributed by atoms with Crippen molar-refractivity contribution < 1.29 is 19.1 Å². The van der Waals surface area contributed by atoms with Crippen LogP contribution in [-0.4, -0.2) is 42.9 Å². The average molecular weight is 394 g/mol. The van der Waals surface area contributed by atoms with Crippen molar-refractivity contribution in [1.29, 1.82) is 0 Å². The first-order valence-electron chi connectivity index (χ1n) is 9.73. The van der Waals surface area contributed by atoms with Gasteiger partial charge in [0.05, 0.1) is 18.1 Å². The van der Waals surface area contributed by atoms with Gasteiger partial charge in [0.1, 0.15) is 0 Å². The first kappa shape index (κ1) is 20.6. The molecule has 6 heteroatoms. The minimum Gasteiger partial charge on any atom is -0.465 e. The molecule has 0 bridgehead atoms. The topological polar surface area (TPSA) is 75.7 Å². The van der Waals surface area contributed by atoms with Crippen LogP contribution >= 0.6 is 0 Å². The van der Waals surface area contributed by atoms with Gasteiger partial charge in [-0.2, -0.15) is 0 Å². The van der Waals surface area contributed by atoms with E-state index < -0.39 is 5.41 Å². The van der Waals surface area contributed by atoms with Gasteiger partial charge >= 0.3 is 5.97 Å². The molecule has 2 aromatic rings. The van der Waals surface area contributed by atoms with E-state index in [1.165, 1.54) is 7.11 Å². The molecular weight excluding hydrogens is 368 g/mol. The summed E-state index contributed by atoms with van der Waals surface area (Å²) in [5.74, 6) is -0.387. The molecular formula is C23H26N2O4. The van der Waals surface area contributed by atoms with Crippen molar-refractivity contribution >= 4 is 17.8 Å². The quantitative estimate of drug-likeness (QED) is 0.791. The van der Waals surface area contributed by atoms with Gasteiger partial charge in [0, 0.05) is 26.6 Å². The molecule has 1 saturated heterocycles. The Labute approximate surface area is 170 Å². The molecule has 3 rings (SSSR count). The number of carbonyl (C=O) groups excluding carboxylic acids is 3. The summed E-state index contributed by atoms with van der Waals surface area (Å²) in [6.45, 7) is 3.05. The summed E-state index contributed by atoms with van der Waals surface area (Å²) < 4.78 is 4.70. The fourth-order valence-electron chi connectivity index (χ4n) is 3.84. The summed E-state index contributed by atoms with van der Waals surface area (Å²) >= 11 is 0. The number of nitrogens with zero attached hydrogens (tertiary/aromatic N) is 1. The summed E-state index contributed by atoms with van der Waals surface area (Å²) in [6, 6.07) is 16.8. The lowest BCUT2D eigenvalue weighted by atomic mass is 9.72. The molecule has 2 amide bonds. The molecule has 1 fully saturated rings. The second-order valence-electron chi connectivity index (χ2n) is 7.33. The zero-order valence-electron chi connectivity index (χ0n) is 16.8. The summed E-state index contributed by atoms with van der Waals surface area (Å²) in [5.41, 5.74) is 1.69. The number of methoxy groups -OCH3 is 1. The lowest BCUT2D eigenvalue weighted by Gasteiger charge is -2.40. The van der Waals surface area contributed by atoms with Gasteiger partial charge in [-0.15, -0.1) is 0 Å². The van der Waals surface area contributed by atoms with Crippen LogP contribution < -0.4 is 5.32 Å². The minimum atomic E-state index is -0.654. The zero-order chi connectivity index (χ0) is 20.9. The third kappa shape index (κ3) is 4.47. The van der Waals surface area contributed by atoms with E-state index in [0.29, 0.717) is 38.0 Å². The number of ether oxygens (including phenoxy) is 1.